The Morgan fingerprint density at radius 1 is 1.23 bits per heavy atom. The standard InChI is InChI=1S/C22H26N6O2S/c1-4-28(5-2)18-11-9-16(10-12-18)14-23-25-21-24-22(27-26-21)31-15-20(29)17-7-6-8-19(13-17)30-3/h6-14H,4-5,15H2,1-3H3,(H2,24,25,26,27)/b23-14-. The van der Waals surface area contributed by atoms with Crippen molar-refractivity contribution < 1.29 is 9.53 Å². The van der Waals surface area contributed by atoms with Crippen molar-refractivity contribution in [3.05, 3.63) is 59.7 Å². The number of H-pyrrole nitrogens is 1. The van der Waals surface area contributed by atoms with Crippen LogP contribution in [-0.4, -0.2) is 53.1 Å². The fourth-order valence-electron chi connectivity index (χ4n) is 2.90. The number of nitrogens with zero attached hydrogens (tertiary/aromatic N) is 4. The third-order valence-corrected chi connectivity index (χ3v) is 5.44. The lowest BCUT2D eigenvalue weighted by molar-refractivity contribution is 0.102. The van der Waals surface area contributed by atoms with Gasteiger partial charge in [0, 0.05) is 24.3 Å². The summed E-state index contributed by atoms with van der Waals surface area (Å²) in [5, 5.41) is 11.5. The maximum atomic E-state index is 12.3. The van der Waals surface area contributed by atoms with Gasteiger partial charge in [-0.2, -0.15) is 10.1 Å². The Morgan fingerprint density at radius 2 is 2.00 bits per heavy atom. The number of aromatic amines is 1. The zero-order valence-electron chi connectivity index (χ0n) is 17.8. The molecule has 1 heterocycles. The van der Waals surface area contributed by atoms with Crippen molar-refractivity contribution in [2.75, 3.05) is 36.3 Å². The number of anilines is 2. The average molecular weight is 439 g/mol. The second-order valence-corrected chi connectivity index (χ2v) is 7.49. The van der Waals surface area contributed by atoms with Gasteiger partial charge in [0.25, 0.3) is 0 Å². The van der Waals surface area contributed by atoms with Crippen LogP contribution in [0.3, 0.4) is 0 Å². The number of thioether (sulfide) groups is 1. The SMILES string of the molecule is CCN(CC)c1ccc(/C=N\Nc2nc(SCC(=O)c3cccc(OC)c3)n[nH]2)cc1. The summed E-state index contributed by atoms with van der Waals surface area (Å²) in [6.45, 7) is 6.23. The highest BCUT2D eigenvalue weighted by Crippen LogP contribution is 2.19. The number of methoxy groups -OCH3 is 1. The van der Waals surface area contributed by atoms with Gasteiger partial charge in [0.05, 0.1) is 19.1 Å². The van der Waals surface area contributed by atoms with Gasteiger partial charge >= 0.3 is 0 Å². The van der Waals surface area contributed by atoms with E-state index in [0.717, 1.165) is 18.7 Å². The summed E-state index contributed by atoms with van der Waals surface area (Å²) in [6.07, 6.45) is 1.72. The molecule has 2 N–H and O–H groups in total. The largest absolute Gasteiger partial charge is 0.497 e. The van der Waals surface area contributed by atoms with Crippen LogP contribution in [0.15, 0.2) is 58.8 Å². The van der Waals surface area contributed by atoms with Crippen LogP contribution in [-0.2, 0) is 0 Å². The molecule has 0 aliphatic heterocycles. The number of nitrogens with one attached hydrogen (secondary N) is 2. The highest BCUT2D eigenvalue weighted by Gasteiger charge is 2.10. The maximum absolute atomic E-state index is 12.3. The van der Waals surface area contributed by atoms with Gasteiger partial charge in [0.1, 0.15) is 5.75 Å². The summed E-state index contributed by atoms with van der Waals surface area (Å²) in [5.41, 5.74) is 5.58. The van der Waals surface area contributed by atoms with Crippen LogP contribution in [0.1, 0.15) is 29.8 Å². The first-order chi connectivity index (χ1) is 15.1. The monoisotopic (exact) mass is 438 g/mol. The Labute approximate surface area is 186 Å². The van der Waals surface area contributed by atoms with E-state index < -0.39 is 0 Å². The first-order valence-corrected chi connectivity index (χ1v) is 11.0. The van der Waals surface area contributed by atoms with Crippen LogP contribution in [0.2, 0.25) is 0 Å². The molecule has 0 atom stereocenters. The van der Waals surface area contributed by atoms with Gasteiger partial charge in [0.15, 0.2) is 5.78 Å². The molecule has 0 spiro atoms. The second kappa shape index (κ2) is 11.2. The molecular formula is C22H26N6O2S. The fourth-order valence-corrected chi connectivity index (χ4v) is 3.59. The number of ether oxygens (including phenoxy) is 1. The van der Waals surface area contributed by atoms with Crippen LogP contribution in [0.4, 0.5) is 11.6 Å². The lowest BCUT2D eigenvalue weighted by atomic mass is 10.1. The quantitative estimate of drug-likeness (QED) is 0.202. The van der Waals surface area contributed by atoms with Crippen LogP contribution >= 0.6 is 11.8 Å². The molecule has 8 nitrogen and oxygen atoms in total. The van der Waals surface area contributed by atoms with Crippen molar-refractivity contribution in [3.63, 3.8) is 0 Å². The summed E-state index contributed by atoms with van der Waals surface area (Å²) >= 11 is 1.26. The number of Topliss-reactive ketones (excluding diaryl/α,β-unsaturated/α-hetero) is 1. The van der Waals surface area contributed by atoms with E-state index >= 15 is 0 Å². The molecule has 0 amide bonds. The van der Waals surface area contributed by atoms with Crippen molar-refractivity contribution >= 4 is 35.4 Å². The third-order valence-electron chi connectivity index (χ3n) is 4.59. The molecule has 0 bridgehead atoms. The molecule has 31 heavy (non-hydrogen) atoms. The van der Waals surface area contributed by atoms with Crippen LogP contribution in [0.25, 0.3) is 0 Å². The Kier molecular flexibility index (Phi) is 8.05. The fraction of sp³-hybridized carbons (Fsp3) is 0.273. The van der Waals surface area contributed by atoms with Crippen molar-refractivity contribution in [1.82, 2.24) is 15.2 Å². The van der Waals surface area contributed by atoms with E-state index in [1.54, 1.807) is 37.6 Å². The molecule has 0 aliphatic carbocycles. The van der Waals surface area contributed by atoms with Gasteiger partial charge in [-0.15, -0.1) is 5.10 Å². The van der Waals surface area contributed by atoms with Crippen molar-refractivity contribution in [2.24, 2.45) is 5.10 Å². The van der Waals surface area contributed by atoms with Crippen molar-refractivity contribution in [1.29, 1.82) is 0 Å². The number of carbonyl (C=O) groups is 1. The second-order valence-electron chi connectivity index (χ2n) is 6.54. The smallest absolute Gasteiger partial charge is 0.240 e. The molecule has 3 aromatic rings. The van der Waals surface area contributed by atoms with Crippen molar-refractivity contribution in [2.45, 2.75) is 19.0 Å². The summed E-state index contributed by atoms with van der Waals surface area (Å²) in [7, 11) is 1.57. The molecule has 0 saturated carbocycles. The van der Waals surface area contributed by atoms with Crippen molar-refractivity contribution in [3.8, 4) is 5.75 Å². The summed E-state index contributed by atoms with van der Waals surface area (Å²) in [5.74, 6) is 1.27. The van der Waals surface area contributed by atoms with E-state index in [1.165, 1.54) is 17.4 Å². The Morgan fingerprint density at radius 3 is 2.71 bits per heavy atom. The number of benzene rings is 2. The van der Waals surface area contributed by atoms with Gasteiger partial charge in [-0.25, -0.2) is 10.5 Å². The third kappa shape index (κ3) is 6.32. The number of ketones is 1. The van der Waals surface area contributed by atoms with Gasteiger partial charge in [-0.05, 0) is 43.7 Å². The molecular weight excluding hydrogens is 412 g/mol. The molecule has 1 aromatic heterocycles. The number of hydrazone groups is 1. The minimum Gasteiger partial charge on any atom is -0.497 e. The number of hydrogen-bond acceptors (Lipinski definition) is 8. The normalized spacial score (nSPS) is 10.9. The molecule has 0 aliphatic rings. The molecule has 0 fully saturated rings. The number of hydrogen-bond donors (Lipinski definition) is 2. The molecule has 3 rings (SSSR count). The Bertz CT molecular complexity index is 1010. The van der Waals surface area contributed by atoms with Crippen LogP contribution < -0.4 is 15.1 Å². The highest BCUT2D eigenvalue weighted by atomic mass is 32.2. The lowest BCUT2D eigenvalue weighted by Gasteiger charge is -2.20. The van der Waals surface area contributed by atoms with E-state index in [9.17, 15) is 4.79 Å². The summed E-state index contributed by atoms with van der Waals surface area (Å²) in [6, 6.07) is 15.3. The zero-order valence-corrected chi connectivity index (χ0v) is 18.6. The molecule has 162 valence electrons. The first kappa shape index (κ1) is 22.4. The maximum Gasteiger partial charge on any atom is 0.240 e. The molecule has 9 heteroatoms. The van der Waals surface area contributed by atoms with Gasteiger partial charge in [-0.3, -0.25) is 4.79 Å². The number of carbonyl (C=O) groups excluding carboxylic acids is 1. The minimum absolute atomic E-state index is 0.0191. The first-order valence-electron chi connectivity index (χ1n) is 9.99. The summed E-state index contributed by atoms with van der Waals surface area (Å²) in [4.78, 5) is 18.9. The minimum atomic E-state index is -0.0191. The van der Waals surface area contributed by atoms with E-state index in [0.29, 0.717) is 22.4 Å². The van der Waals surface area contributed by atoms with Gasteiger partial charge in [-0.1, -0.05) is 36.0 Å². The molecule has 0 radical (unpaired) electrons. The zero-order chi connectivity index (χ0) is 22.1. The highest BCUT2D eigenvalue weighted by molar-refractivity contribution is 7.99. The topological polar surface area (TPSA) is 95.5 Å². The van der Waals surface area contributed by atoms with E-state index in [4.69, 9.17) is 4.74 Å². The molecule has 0 unspecified atom stereocenters. The number of rotatable bonds is 11. The van der Waals surface area contributed by atoms with Crippen LogP contribution in [0, 0.1) is 0 Å². The van der Waals surface area contributed by atoms with Gasteiger partial charge < -0.3 is 9.64 Å². The Balaban J connectivity index is 1.50. The molecule has 2 aromatic carbocycles. The van der Waals surface area contributed by atoms with E-state index in [-0.39, 0.29) is 11.5 Å². The predicted molar refractivity (Wildman–Crippen MR) is 126 cm³/mol. The van der Waals surface area contributed by atoms with Crippen LogP contribution in [0.5, 0.6) is 5.75 Å². The molecule has 0 saturated heterocycles. The summed E-state index contributed by atoms with van der Waals surface area (Å²) < 4.78 is 5.15. The van der Waals surface area contributed by atoms with E-state index in [2.05, 4.69) is 56.6 Å². The predicted octanol–water partition coefficient (Wildman–Crippen LogP) is 4.08. The Hall–Kier alpha value is -3.33. The lowest BCUT2D eigenvalue weighted by Crippen LogP contribution is -2.21. The average Bonchev–Trinajstić information content (AvgIpc) is 3.27. The van der Waals surface area contributed by atoms with Gasteiger partial charge in [0.2, 0.25) is 11.1 Å². The van der Waals surface area contributed by atoms with E-state index in [1.807, 2.05) is 12.1 Å². The number of aromatic nitrogens is 3.